The monoisotopic (exact) mass is 324 g/mol. The molecular formula is C14H14Cl2N4O. The summed E-state index contributed by atoms with van der Waals surface area (Å²) >= 11 is 11.7. The molecule has 5 nitrogen and oxygen atoms in total. The largest absolute Gasteiger partial charge is 0.352 e. The number of hydrogen-bond acceptors (Lipinski definition) is 4. The van der Waals surface area contributed by atoms with Crippen LogP contribution in [0.25, 0.3) is 0 Å². The Hall–Kier alpha value is -1.85. The zero-order valence-electron chi connectivity index (χ0n) is 11.5. The summed E-state index contributed by atoms with van der Waals surface area (Å²) in [5.41, 5.74) is 0.911. The first-order chi connectivity index (χ1) is 9.95. The highest BCUT2D eigenvalue weighted by Crippen LogP contribution is 2.25. The topological polar surface area (TPSA) is 66.9 Å². The van der Waals surface area contributed by atoms with Gasteiger partial charge in [-0.25, -0.2) is 9.97 Å². The molecule has 2 N–H and O–H groups in total. The van der Waals surface area contributed by atoms with Crippen molar-refractivity contribution < 1.29 is 4.79 Å². The molecule has 0 unspecified atom stereocenters. The van der Waals surface area contributed by atoms with Gasteiger partial charge in [0.25, 0.3) is 5.91 Å². The predicted molar refractivity (Wildman–Crippen MR) is 85.2 cm³/mol. The van der Waals surface area contributed by atoms with Crippen LogP contribution < -0.4 is 10.6 Å². The number of rotatable bonds is 4. The number of benzene rings is 1. The Kier molecular flexibility index (Phi) is 4.98. The van der Waals surface area contributed by atoms with Crippen LogP contribution in [0, 0.1) is 0 Å². The van der Waals surface area contributed by atoms with E-state index in [1.165, 1.54) is 12.4 Å². The number of amides is 1. The molecule has 21 heavy (non-hydrogen) atoms. The summed E-state index contributed by atoms with van der Waals surface area (Å²) in [6.07, 6.45) is 2.93. The maximum atomic E-state index is 12.1. The molecule has 0 saturated heterocycles. The zero-order valence-corrected chi connectivity index (χ0v) is 13.0. The van der Waals surface area contributed by atoms with Crippen molar-refractivity contribution in [1.29, 1.82) is 0 Å². The van der Waals surface area contributed by atoms with Gasteiger partial charge in [0, 0.05) is 24.1 Å². The minimum Gasteiger partial charge on any atom is -0.352 e. The number of halogens is 2. The third kappa shape index (κ3) is 4.31. The van der Waals surface area contributed by atoms with Gasteiger partial charge in [-0.15, -0.1) is 0 Å². The van der Waals surface area contributed by atoms with Crippen molar-refractivity contribution in [3.63, 3.8) is 0 Å². The van der Waals surface area contributed by atoms with Gasteiger partial charge in [0.05, 0.1) is 15.6 Å². The van der Waals surface area contributed by atoms with E-state index in [0.29, 0.717) is 27.2 Å². The van der Waals surface area contributed by atoms with Crippen LogP contribution in [-0.4, -0.2) is 21.9 Å². The standard InChI is InChI=1S/C14H14Cl2N4O/c1-8(2)19-14-17-6-9(7-18-14)13(21)20-10-3-4-11(15)12(16)5-10/h3-8H,1-2H3,(H,20,21)(H,17,18,19). The molecule has 7 heteroatoms. The molecule has 0 radical (unpaired) electrons. The van der Waals surface area contributed by atoms with E-state index in [1.54, 1.807) is 18.2 Å². The van der Waals surface area contributed by atoms with Crippen molar-refractivity contribution in [3.8, 4) is 0 Å². The van der Waals surface area contributed by atoms with Gasteiger partial charge in [-0.2, -0.15) is 0 Å². The van der Waals surface area contributed by atoms with Crippen LogP contribution in [0.2, 0.25) is 10.0 Å². The van der Waals surface area contributed by atoms with E-state index in [9.17, 15) is 4.79 Å². The van der Waals surface area contributed by atoms with Crippen molar-refractivity contribution in [2.45, 2.75) is 19.9 Å². The summed E-state index contributed by atoms with van der Waals surface area (Å²) in [7, 11) is 0. The molecule has 0 aliphatic heterocycles. The predicted octanol–water partition coefficient (Wildman–Crippen LogP) is 3.86. The quantitative estimate of drug-likeness (QED) is 0.896. The van der Waals surface area contributed by atoms with Crippen LogP contribution in [0.15, 0.2) is 30.6 Å². The highest BCUT2D eigenvalue weighted by Gasteiger charge is 2.09. The Bertz CT molecular complexity index is 644. The second-order valence-electron chi connectivity index (χ2n) is 4.68. The molecule has 0 spiro atoms. The normalized spacial score (nSPS) is 10.5. The number of carbonyl (C=O) groups is 1. The van der Waals surface area contributed by atoms with Gasteiger partial charge in [-0.05, 0) is 32.0 Å². The first-order valence-corrected chi connectivity index (χ1v) is 7.06. The second-order valence-corrected chi connectivity index (χ2v) is 5.49. The SMILES string of the molecule is CC(C)Nc1ncc(C(=O)Nc2ccc(Cl)c(Cl)c2)cn1. The van der Waals surface area contributed by atoms with Crippen molar-refractivity contribution >= 4 is 40.7 Å². The van der Waals surface area contributed by atoms with Gasteiger partial charge in [-0.3, -0.25) is 4.79 Å². The lowest BCUT2D eigenvalue weighted by atomic mass is 10.2. The van der Waals surface area contributed by atoms with E-state index in [4.69, 9.17) is 23.2 Å². The Balaban J connectivity index is 2.07. The molecule has 1 amide bonds. The maximum absolute atomic E-state index is 12.1. The van der Waals surface area contributed by atoms with E-state index in [0.717, 1.165) is 0 Å². The van der Waals surface area contributed by atoms with Gasteiger partial charge >= 0.3 is 0 Å². The molecule has 0 fully saturated rings. The van der Waals surface area contributed by atoms with Crippen LogP contribution in [0.3, 0.4) is 0 Å². The molecule has 2 aromatic rings. The fraction of sp³-hybridized carbons (Fsp3) is 0.214. The Labute approximate surface area is 132 Å². The van der Waals surface area contributed by atoms with E-state index in [1.807, 2.05) is 13.8 Å². The molecule has 0 aliphatic carbocycles. The summed E-state index contributed by atoms with van der Waals surface area (Å²) < 4.78 is 0. The Morgan fingerprint density at radius 3 is 2.38 bits per heavy atom. The van der Waals surface area contributed by atoms with Crippen LogP contribution in [0.1, 0.15) is 24.2 Å². The maximum Gasteiger partial charge on any atom is 0.258 e. The lowest BCUT2D eigenvalue weighted by Crippen LogP contribution is -2.15. The van der Waals surface area contributed by atoms with Crippen molar-refractivity contribution in [2.24, 2.45) is 0 Å². The smallest absolute Gasteiger partial charge is 0.258 e. The summed E-state index contributed by atoms with van der Waals surface area (Å²) in [6.45, 7) is 3.96. The first kappa shape index (κ1) is 15.5. The summed E-state index contributed by atoms with van der Waals surface area (Å²) in [5, 5.41) is 6.56. The molecule has 0 saturated carbocycles. The van der Waals surface area contributed by atoms with Gasteiger partial charge < -0.3 is 10.6 Å². The lowest BCUT2D eigenvalue weighted by molar-refractivity contribution is 0.102. The second kappa shape index (κ2) is 6.74. The van der Waals surface area contributed by atoms with Gasteiger partial charge in [-0.1, -0.05) is 23.2 Å². The number of nitrogens with one attached hydrogen (secondary N) is 2. The highest BCUT2D eigenvalue weighted by molar-refractivity contribution is 6.42. The van der Waals surface area contributed by atoms with Crippen LogP contribution in [0.4, 0.5) is 11.6 Å². The molecule has 1 heterocycles. The number of hydrogen-bond donors (Lipinski definition) is 2. The van der Waals surface area contributed by atoms with Crippen molar-refractivity contribution in [2.75, 3.05) is 10.6 Å². The van der Waals surface area contributed by atoms with Gasteiger partial charge in [0.1, 0.15) is 0 Å². The number of carbonyl (C=O) groups excluding carboxylic acids is 1. The number of nitrogens with zero attached hydrogens (tertiary/aromatic N) is 2. The fourth-order valence-corrected chi connectivity index (χ4v) is 1.85. The molecule has 2 rings (SSSR count). The van der Waals surface area contributed by atoms with E-state index >= 15 is 0 Å². The first-order valence-electron chi connectivity index (χ1n) is 6.30. The minimum atomic E-state index is -0.315. The van der Waals surface area contributed by atoms with E-state index < -0.39 is 0 Å². The van der Waals surface area contributed by atoms with E-state index in [-0.39, 0.29) is 11.9 Å². The molecule has 0 aliphatic rings. The van der Waals surface area contributed by atoms with Gasteiger partial charge in [0.15, 0.2) is 0 Å². The minimum absolute atomic E-state index is 0.223. The third-order valence-electron chi connectivity index (χ3n) is 2.51. The summed E-state index contributed by atoms with van der Waals surface area (Å²) in [5.74, 6) is 0.167. The fourth-order valence-electron chi connectivity index (χ4n) is 1.56. The van der Waals surface area contributed by atoms with Crippen LogP contribution in [-0.2, 0) is 0 Å². The van der Waals surface area contributed by atoms with Crippen LogP contribution in [0.5, 0.6) is 0 Å². The lowest BCUT2D eigenvalue weighted by Gasteiger charge is -2.09. The van der Waals surface area contributed by atoms with Crippen molar-refractivity contribution in [1.82, 2.24) is 9.97 Å². The molecule has 1 aromatic heterocycles. The summed E-state index contributed by atoms with van der Waals surface area (Å²) in [4.78, 5) is 20.2. The van der Waals surface area contributed by atoms with Gasteiger partial charge in [0.2, 0.25) is 5.95 Å². The molecule has 0 bridgehead atoms. The zero-order chi connectivity index (χ0) is 15.4. The molecule has 110 valence electrons. The van der Waals surface area contributed by atoms with Crippen molar-refractivity contribution in [3.05, 3.63) is 46.2 Å². The number of aromatic nitrogens is 2. The highest BCUT2D eigenvalue weighted by atomic mass is 35.5. The van der Waals surface area contributed by atoms with Crippen LogP contribution >= 0.6 is 23.2 Å². The molecule has 0 atom stereocenters. The number of anilines is 2. The third-order valence-corrected chi connectivity index (χ3v) is 3.25. The molecular weight excluding hydrogens is 311 g/mol. The Morgan fingerprint density at radius 1 is 1.14 bits per heavy atom. The average Bonchev–Trinajstić information content (AvgIpc) is 2.43. The Morgan fingerprint density at radius 2 is 1.81 bits per heavy atom. The summed E-state index contributed by atoms with van der Waals surface area (Å²) in [6, 6.07) is 5.09. The van der Waals surface area contributed by atoms with E-state index in [2.05, 4.69) is 20.6 Å². The molecule has 1 aromatic carbocycles. The average molecular weight is 325 g/mol.